The molecule has 0 saturated heterocycles. The Balaban J connectivity index is 1.68. The zero-order chi connectivity index (χ0) is 17.1. The highest BCUT2D eigenvalue weighted by Crippen LogP contribution is 2.32. The van der Waals surface area contributed by atoms with E-state index < -0.39 is 5.60 Å². The molecule has 0 radical (unpaired) electrons. The number of hydrogen-bond acceptors (Lipinski definition) is 3. The number of rotatable bonds is 1. The van der Waals surface area contributed by atoms with Crippen molar-refractivity contribution in [1.29, 1.82) is 0 Å². The van der Waals surface area contributed by atoms with Gasteiger partial charge in [0.15, 0.2) is 0 Å². The van der Waals surface area contributed by atoms with Crippen LogP contribution in [0.25, 0.3) is 0 Å². The van der Waals surface area contributed by atoms with Crippen LogP contribution in [0.2, 0.25) is 0 Å². The molecule has 0 unspecified atom stereocenters. The zero-order valence-corrected chi connectivity index (χ0v) is 14.2. The van der Waals surface area contributed by atoms with Crippen LogP contribution in [0.1, 0.15) is 32.1 Å². The molecule has 1 aromatic carbocycles. The fourth-order valence-corrected chi connectivity index (χ4v) is 3.52. The van der Waals surface area contributed by atoms with Crippen LogP contribution >= 0.6 is 0 Å². The summed E-state index contributed by atoms with van der Waals surface area (Å²) in [7, 11) is 0. The maximum atomic E-state index is 10.7. The average Bonchev–Trinajstić information content (AvgIpc) is 3.31. The van der Waals surface area contributed by atoms with Gasteiger partial charge in [0.25, 0.3) is 0 Å². The molecule has 0 atom stereocenters. The highest BCUT2D eigenvalue weighted by Gasteiger charge is 2.28. The van der Waals surface area contributed by atoms with E-state index in [1.165, 1.54) is 6.42 Å². The molecule has 0 bridgehead atoms. The van der Waals surface area contributed by atoms with Crippen molar-refractivity contribution >= 4 is 5.69 Å². The van der Waals surface area contributed by atoms with E-state index in [2.05, 4.69) is 41.6 Å². The number of benzene rings is 1. The second-order valence-corrected chi connectivity index (χ2v) is 6.72. The molecule has 3 nitrogen and oxygen atoms in total. The number of hydrazine groups is 1. The highest BCUT2D eigenvalue weighted by atomic mass is 16.3. The third kappa shape index (κ3) is 3.26. The Hall–Kier alpha value is -2.70. The van der Waals surface area contributed by atoms with Crippen molar-refractivity contribution in [3.63, 3.8) is 0 Å². The van der Waals surface area contributed by atoms with Crippen LogP contribution in [0.3, 0.4) is 0 Å². The standard InChI is InChI=1S/C22H22N2O/c25-22(14-7-2-8-15-22)16-13-19-17-23-24(20-11-3-1-4-12-20)21(19)18-9-5-6-10-18/h1,3-6,9-12,17,23,25H,2,7-8,14-15H2. The van der Waals surface area contributed by atoms with Crippen LogP contribution in [0.15, 0.2) is 77.7 Å². The summed E-state index contributed by atoms with van der Waals surface area (Å²) in [6.45, 7) is 0. The van der Waals surface area contributed by atoms with Gasteiger partial charge < -0.3 is 5.11 Å². The Kier molecular flexibility index (Phi) is 4.21. The number of aliphatic hydroxyl groups is 1. The third-order valence-electron chi connectivity index (χ3n) is 4.88. The maximum Gasteiger partial charge on any atom is 0.125 e. The van der Waals surface area contributed by atoms with Gasteiger partial charge in [-0.15, -0.1) is 0 Å². The molecule has 3 aliphatic rings. The van der Waals surface area contributed by atoms with Crippen molar-refractivity contribution in [2.24, 2.45) is 0 Å². The molecule has 0 amide bonds. The Morgan fingerprint density at radius 3 is 2.44 bits per heavy atom. The van der Waals surface area contributed by atoms with Gasteiger partial charge in [0.2, 0.25) is 0 Å². The largest absolute Gasteiger partial charge is 0.378 e. The third-order valence-corrected chi connectivity index (χ3v) is 4.88. The predicted octanol–water partition coefficient (Wildman–Crippen LogP) is 3.97. The first-order valence-electron chi connectivity index (χ1n) is 8.92. The summed E-state index contributed by atoms with van der Waals surface area (Å²) in [4.78, 5) is 0. The predicted molar refractivity (Wildman–Crippen MR) is 101 cm³/mol. The smallest absolute Gasteiger partial charge is 0.125 e. The van der Waals surface area contributed by atoms with Gasteiger partial charge in [0.05, 0.1) is 17.0 Å². The molecule has 1 saturated carbocycles. The fraction of sp³-hybridized carbons (Fsp3) is 0.273. The summed E-state index contributed by atoms with van der Waals surface area (Å²) in [5, 5.41) is 12.7. The van der Waals surface area contributed by atoms with Crippen molar-refractivity contribution < 1.29 is 5.11 Å². The minimum atomic E-state index is -0.837. The van der Waals surface area contributed by atoms with Gasteiger partial charge >= 0.3 is 0 Å². The van der Waals surface area contributed by atoms with Crippen LogP contribution in [0, 0.1) is 11.8 Å². The molecule has 0 spiro atoms. The summed E-state index contributed by atoms with van der Waals surface area (Å²) in [5.41, 5.74) is 6.59. The normalized spacial score (nSPS) is 21.0. The van der Waals surface area contributed by atoms with E-state index in [-0.39, 0.29) is 0 Å². The van der Waals surface area contributed by atoms with Gasteiger partial charge in [0.1, 0.15) is 5.60 Å². The fourth-order valence-electron chi connectivity index (χ4n) is 3.52. The van der Waals surface area contributed by atoms with E-state index in [0.29, 0.717) is 0 Å². The Morgan fingerprint density at radius 1 is 1.00 bits per heavy atom. The first-order chi connectivity index (χ1) is 12.3. The van der Waals surface area contributed by atoms with E-state index in [1.807, 2.05) is 41.6 Å². The minimum absolute atomic E-state index is 0.773. The summed E-state index contributed by atoms with van der Waals surface area (Å²) in [6.07, 6.45) is 15.0. The van der Waals surface area contributed by atoms with Gasteiger partial charge in [-0.05, 0) is 37.8 Å². The van der Waals surface area contributed by atoms with E-state index in [1.54, 1.807) is 0 Å². The topological polar surface area (TPSA) is 35.5 Å². The van der Waals surface area contributed by atoms with E-state index in [9.17, 15) is 5.11 Å². The molecule has 1 aromatic rings. The van der Waals surface area contributed by atoms with Crippen LogP contribution in [0.5, 0.6) is 0 Å². The summed E-state index contributed by atoms with van der Waals surface area (Å²) in [6, 6.07) is 10.2. The van der Waals surface area contributed by atoms with Crippen molar-refractivity contribution in [1.82, 2.24) is 5.43 Å². The van der Waals surface area contributed by atoms with E-state index >= 15 is 0 Å². The number of nitrogens with one attached hydrogen (secondary N) is 1. The van der Waals surface area contributed by atoms with Crippen LogP contribution in [-0.2, 0) is 0 Å². The van der Waals surface area contributed by atoms with Gasteiger partial charge in [-0.1, -0.05) is 60.8 Å². The van der Waals surface area contributed by atoms with Crippen LogP contribution < -0.4 is 10.4 Å². The molecule has 1 heterocycles. The Bertz CT molecular complexity index is 814. The first-order valence-corrected chi connectivity index (χ1v) is 8.92. The second-order valence-electron chi connectivity index (χ2n) is 6.72. The molecule has 3 heteroatoms. The molecule has 2 N–H and O–H groups in total. The zero-order valence-electron chi connectivity index (χ0n) is 14.2. The van der Waals surface area contributed by atoms with Gasteiger partial charge in [0, 0.05) is 11.8 Å². The lowest BCUT2D eigenvalue weighted by Gasteiger charge is -2.26. The van der Waals surface area contributed by atoms with Gasteiger partial charge in [-0.3, -0.25) is 10.4 Å². The average molecular weight is 330 g/mol. The van der Waals surface area contributed by atoms with E-state index in [0.717, 1.165) is 48.2 Å². The van der Waals surface area contributed by atoms with Gasteiger partial charge in [-0.25, -0.2) is 0 Å². The van der Waals surface area contributed by atoms with Crippen LogP contribution in [0.4, 0.5) is 5.69 Å². The number of hydrogen-bond donors (Lipinski definition) is 2. The molecular formula is C22H22N2O. The van der Waals surface area contributed by atoms with E-state index in [4.69, 9.17) is 0 Å². The number of para-hydroxylation sites is 1. The SMILES string of the molecule is OC1(C#CC2=CNN(c3ccccc3)C2=C2C=CC=C2)CCCCC1. The van der Waals surface area contributed by atoms with Crippen molar-refractivity contribution in [3.8, 4) is 11.8 Å². The molecular weight excluding hydrogens is 308 g/mol. The molecule has 1 aliphatic heterocycles. The van der Waals surface area contributed by atoms with Crippen LogP contribution in [-0.4, -0.2) is 10.7 Å². The maximum absolute atomic E-state index is 10.7. The lowest BCUT2D eigenvalue weighted by molar-refractivity contribution is 0.0610. The molecule has 25 heavy (non-hydrogen) atoms. The summed E-state index contributed by atoms with van der Waals surface area (Å²) >= 11 is 0. The molecule has 4 rings (SSSR count). The monoisotopic (exact) mass is 330 g/mol. The molecule has 126 valence electrons. The van der Waals surface area contributed by atoms with Gasteiger partial charge in [-0.2, -0.15) is 0 Å². The Morgan fingerprint density at radius 2 is 1.72 bits per heavy atom. The molecule has 0 aromatic heterocycles. The number of allylic oxidation sites excluding steroid dienone is 6. The van der Waals surface area contributed by atoms with Crippen molar-refractivity contribution in [2.45, 2.75) is 37.7 Å². The summed E-state index contributed by atoms with van der Waals surface area (Å²) < 4.78 is 0. The summed E-state index contributed by atoms with van der Waals surface area (Å²) in [5.74, 6) is 6.40. The molecule has 1 fully saturated rings. The van der Waals surface area contributed by atoms with Crippen molar-refractivity contribution in [3.05, 3.63) is 77.7 Å². The Labute approximate surface area is 149 Å². The highest BCUT2D eigenvalue weighted by molar-refractivity contribution is 5.68. The first kappa shape index (κ1) is 15.8. The number of anilines is 1. The lowest BCUT2D eigenvalue weighted by atomic mass is 9.85. The minimum Gasteiger partial charge on any atom is -0.378 e. The second kappa shape index (κ2) is 6.66. The quantitative estimate of drug-likeness (QED) is 0.765. The lowest BCUT2D eigenvalue weighted by Crippen LogP contribution is -2.29. The van der Waals surface area contributed by atoms with Crippen molar-refractivity contribution in [2.75, 3.05) is 5.01 Å². The number of nitrogens with zero attached hydrogens (tertiary/aromatic N) is 1. The molecule has 2 aliphatic carbocycles.